The molecule has 66 valence electrons. The molecule has 0 aliphatic carbocycles. The second kappa shape index (κ2) is 2.98. The molecule has 0 saturated heterocycles. The zero-order chi connectivity index (χ0) is 9.26. The van der Waals surface area contributed by atoms with Gasteiger partial charge in [0.25, 0.3) is 0 Å². The van der Waals surface area contributed by atoms with Gasteiger partial charge in [0.05, 0.1) is 0 Å². The van der Waals surface area contributed by atoms with Gasteiger partial charge in [-0.1, -0.05) is 12.7 Å². The Bertz CT molecular complexity index is 378. The highest BCUT2D eigenvalue weighted by Gasteiger charge is 2.11. The number of benzene rings is 1. The number of aromatic hydroxyl groups is 1. The number of allylic oxidation sites excluding steroid dienone is 2. The van der Waals surface area contributed by atoms with Gasteiger partial charge in [-0.15, -0.1) is 0 Å². The lowest BCUT2D eigenvalue weighted by molar-refractivity contribution is 0.356. The summed E-state index contributed by atoms with van der Waals surface area (Å²) in [4.78, 5) is 0. The van der Waals surface area contributed by atoms with Crippen molar-refractivity contribution in [2.75, 3.05) is 6.61 Å². The van der Waals surface area contributed by atoms with Crippen molar-refractivity contribution >= 4 is 5.57 Å². The first-order valence-corrected chi connectivity index (χ1v) is 4.10. The number of rotatable bonds is 1. The van der Waals surface area contributed by atoms with Crippen molar-refractivity contribution in [2.24, 2.45) is 0 Å². The molecule has 0 amide bonds. The molecule has 0 spiro atoms. The second-order valence-corrected chi connectivity index (χ2v) is 2.86. The van der Waals surface area contributed by atoms with E-state index in [0.717, 1.165) is 16.9 Å². The largest absolute Gasteiger partial charge is 0.508 e. The first kappa shape index (κ1) is 7.92. The minimum Gasteiger partial charge on any atom is -0.508 e. The van der Waals surface area contributed by atoms with Crippen LogP contribution >= 0.6 is 0 Å². The van der Waals surface area contributed by atoms with Crippen molar-refractivity contribution in [1.82, 2.24) is 0 Å². The summed E-state index contributed by atoms with van der Waals surface area (Å²) < 4.78 is 5.38. The Balaban J connectivity index is 2.57. The second-order valence-electron chi connectivity index (χ2n) is 2.86. The maximum atomic E-state index is 9.28. The van der Waals surface area contributed by atoms with Gasteiger partial charge >= 0.3 is 0 Å². The van der Waals surface area contributed by atoms with Crippen LogP contribution in [0.25, 0.3) is 5.57 Å². The van der Waals surface area contributed by atoms with Crippen LogP contribution in [0.5, 0.6) is 11.5 Å². The minimum atomic E-state index is 0.247. The Morgan fingerprint density at radius 2 is 2.31 bits per heavy atom. The van der Waals surface area contributed by atoms with Gasteiger partial charge in [-0.2, -0.15) is 0 Å². The van der Waals surface area contributed by atoms with Gasteiger partial charge < -0.3 is 9.84 Å². The van der Waals surface area contributed by atoms with Crippen LogP contribution in [0.1, 0.15) is 5.56 Å². The van der Waals surface area contributed by atoms with E-state index in [1.54, 1.807) is 24.3 Å². The molecule has 1 aliphatic rings. The predicted octanol–water partition coefficient (Wildman–Crippen LogP) is 2.35. The van der Waals surface area contributed by atoms with Crippen molar-refractivity contribution in [1.29, 1.82) is 0 Å². The van der Waals surface area contributed by atoms with E-state index >= 15 is 0 Å². The molecular formula is C11H10O2. The first-order valence-electron chi connectivity index (χ1n) is 4.10. The topological polar surface area (TPSA) is 29.5 Å². The van der Waals surface area contributed by atoms with Gasteiger partial charge in [0.15, 0.2) is 0 Å². The van der Waals surface area contributed by atoms with E-state index in [-0.39, 0.29) is 5.75 Å². The van der Waals surface area contributed by atoms with Crippen molar-refractivity contribution in [3.05, 3.63) is 42.5 Å². The Morgan fingerprint density at radius 3 is 3.08 bits per heavy atom. The summed E-state index contributed by atoms with van der Waals surface area (Å²) in [6, 6.07) is 5.06. The summed E-state index contributed by atoms with van der Waals surface area (Å²) >= 11 is 0. The van der Waals surface area contributed by atoms with Crippen LogP contribution in [0.2, 0.25) is 0 Å². The Hall–Kier alpha value is -1.70. The molecule has 1 N–H and O–H groups in total. The quantitative estimate of drug-likeness (QED) is 0.708. The maximum Gasteiger partial charge on any atom is 0.127 e. The van der Waals surface area contributed by atoms with Gasteiger partial charge in [0, 0.05) is 5.56 Å². The average Bonchev–Trinajstić information content (AvgIpc) is 2.17. The molecule has 0 aromatic heterocycles. The van der Waals surface area contributed by atoms with Crippen molar-refractivity contribution < 1.29 is 9.84 Å². The molecule has 0 saturated carbocycles. The van der Waals surface area contributed by atoms with Crippen LogP contribution in [0, 0.1) is 0 Å². The van der Waals surface area contributed by atoms with Crippen LogP contribution in [-0.4, -0.2) is 11.7 Å². The number of hydrogen-bond donors (Lipinski definition) is 1. The molecule has 13 heavy (non-hydrogen) atoms. The fraction of sp³-hybridized carbons (Fsp3) is 0.0909. The third-order valence-electron chi connectivity index (χ3n) is 2.04. The van der Waals surface area contributed by atoms with Crippen LogP contribution in [0.3, 0.4) is 0 Å². The van der Waals surface area contributed by atoms with Gasteiger partial charge in [-0.3, -0.25) is 0 Å². The summed E-state index contributed by atoms with van der Waals surface area (Å²) in [6.07, 6.45) is 3.70. The standard InChI is InChI=1S/C11H10O2/c1-2-8-5-6-13-11-4-3-9(12)7-10(8)11/h2-5,7,12H,1,6H2. The molecule has 1 aromatic rings. The number of fused-ring (bicyclic) bond motifs is 1. The van der Waals surface area contributed by atoms with Crippen molar-refractivity contribution in [3.8, 4) is 11.5 Å². The maximum absolute atomic E-state index is 9.28. The monoisotopic (exact) mass is 174 g/mol. The molecule has 2 nitrogen and oxygen atoms in total. The molecule has 0 unspecified atom stereocenters. The SMILES string of the molecule is C=CC1=CCOc2ccc(O)cc21. The van der Waals surface area contributed by atoms with Crippen LogP contribution in [-0.2, 0) is 0 Å². The van der Waals surface area contributed by atoms with Crippen LogP contribution in [0.15, 0.2) is 36.9 Å². The van der Waals surface area contributed by atoms with Gasteiger partial charge in [-0.25, -0.2) is 0 Å². The Kier molecular flexibility index (Phi) is 1.81. The number of phenols is 1. The van der Waals surface area contributed by atoms with Gasteiger partial charge in [0.1, 0.15) is 18.1 Å². The summed E-state index contributed by atoms with van der Waals surface area (Å²) in [5.74, 6) is 1.05. The number of phenolic OH excluding ortho intramolecular Hbond substituents is 1. The molecule has 2 heteroatoms. The summed E-state index contributed by atoms with van der Waals surface area (Å²) in [7, 11) is 0. The smallest absolute Gasteiger partial charge is 0.127 e. The third-order valence-corrected chi connectivity index (χ3v) is 2.04. The summed E-state index contributed by atoms with van der Waals surface area (Å²) in [6.45, 7) is 4.28. The molecule has 0 fully saturated rings. The number of ether oxygens (including phenoxy) is 1. The van der Waals surface area contributed by atoms with E-state index in [9.17, 15) is 5.11 Å². The zero-order valence-corrected chi connectivity index (χ0v) is 7.16. The van der Waals surface area contributed by atoms with Gasteiger partial charge in [0.2, 0.25) is 0 Å². The van der Waals surface area contributed by atoms with E-state index < -0.39 is 0 Å². The lowest BCUT2D eigenvalue weighted by Crippen LogP contribution is -2.03. The van der Waals surface area contributed by atoms with E-state index in [4.69, 9.17) is 4.74 Å². The third kappa shape index (κ3) is 1.31. The van der Waals surface area contributed by atoms with Crippen LogP contribution < -0.4 is 4.74 Å². The van der Waals surface area contributed by atoms with Crippen molar-refractivity contribution in [3.63, 3.8) is 0 Å². The van der Waals surface area contributed by atoms with Crippen molar-refractivity contribution in [2.45, 2.75) is 0 Å². The average molecular weight is 174 g/mol. The molecular weight excluding hydrogens is 164 g/mol. The molecule has 1 aromatic carbocycles. The van der Waals surface area contributed by atoms with E-state index in [0.29, 0.717) is 6.61 Å². The molecule has 0 atom stereocenters. The van der Waals surface area contributed by atoms with E-state index in [2.05, 4.69) is 6.58 Å². The Labute approximate surface area is 76.8 Å². The summed E-state index contributed by atoms with van der Waals surface area (Å²) in [5.41, 5.74) is 1.92. The molecule has 1 heterocycles. The molecule has 0 bridgehead atoms. The fourth-order valence-corrected chi connectivity index (χ4v) is 1.39. The minimum absolute atomic E-state index is 0.247. The van der Waals surface area contributed by atoms with E-state index in [1.165, 1.54) is 0 Å². The lowest BCUT2D eigenvalue weighted by atomic mass is 10.0. The van der Waals surface area contributed by atoms with Crippen LogP contribution in [0.4, 0.5) is 0 Å². The normalized spacial score (nSPS) is 14.0. The summed E-state index contributed by atoms with van der Waals surface area (Å²) in [5, 5.41) is 9.28. The van der Waals surface area contributed by atoms with Gasteiger partial charge in [-0.05, 0) is 29.8 Å². The highest BCUT2D eigenvalue weighted by atomic mass is 16.5. The molecule has 1 aliphatic heterocycles. The van der Waals surface area contributed by atoms with E-state index in [1.807, 2.05) is 6.08 Å². The first-order chi connectivity index (χ1) is 6.31. The Morgan fingerprint density at radius 1 is 1.46 bits per heavy atom. The fourth-order valence-electron chi connectivity index (χ4n) is 1.39. The highest BCUT2D eigenvalue weighted by molar-refractivity contribution is 5.79. The molecule has 2 rings (SSSR count). The lowest BCUT2D eigenvalue weighted by Gasteiger charge is -2.16. The highest BCUT2D eigenvalue weighted by Crippen LogP contribution is 2.32. The predicted molar refractivity (Wildman–Crippen MR) is 51.8 cm³/mol. The zero-order valence-electron chi connectivity index (χ0n) is 7.16. The number of hydrogen-bond acceptors (Lipinski definition) is 2. The molecule has 0 radical (unpaired) electrons.